The molecule has 2 rings (SSSR count). The summed E-state index contributed by atoms with van der Waals surface area (Å²) >= 11 is 0. The van der Waals surface area contributed by atoms with E-state index in [1.807, 2.05) is 35.8 Å². The molecule has 1 heterocycles. The third-order valence-electron chi connectivity index (χ3n) is 2.90. The number of hydrogen-bond acceptors (Lipinski definition) is 2. The predicted molar refractivity (Wildman–Crippen MR) is 75.8 cm³/mol. The van der Waals surface area contributed by atoms with E-state index >= 15 is 0 Å². The van der Waals surface area contributed by atoms with Crippen LogP contribution in [0.1, 0.15) is 11.3 Å². The zero-order valence-corrected chi connectivity index (χ0v) is 10.6. The SMILES string of the molecule is C#CCn1c(C)c(/C=N\NC(N)=O)c2ccccc21. The van der Waals surface area contributed by atoms with Crippen LogP contribution < -0.4 is 11.2 Å². The minimum absolute atomic E-state index is 0.490. The van der Waals surface area contributed by atoms with Crippen LogP contribution in [0.15, 0.2) is 29.4 Å². The van der Waals surface area contributed by atoms with Crippen LogP contribution in [-0.4, -0.2) is 16.8 Å². The number of nitrogens with two attached hydrogens (primary N) is 1. The minimum atomic E-state index is -0.693. The van der Waals surface area contributed by atoms with E-state index in [4.69, 9.17) is 12.2 Å². The van der Waals surface area contributed by atoms with E-state index in [0.717, 1.165) is 22.2 Å². The number of fused-ring (bicyclic) bond motifs is 1. The van der Waals surface area contributed by atoms with Gasteiger partial charge in [-0.1, -0.05) is 24.1 Å². The number of para-hydroxylation sites is 1. The van der Waals surface area contributed by atoms with Crippen LogP contribution in [0.25, 0.3) is 10.9 Å². The first-order valence-corrected chi connectivity index (χ1v) is 5.75. The minimum Gasteiger partial charge on any atom is -0.350 e. The first-order valence-electron chi connectivity index (χ1n) is 5.75. The number of rotatable bonds is 3. The van der Waals surface area contributed by atoms with Crippen LogP contribution in [0.4, 0.5) is 4.79 Å². The van der Waals surface area contributed by atoms with Gasteiger partial charge in [0.25, 0.3) is 0 Å². The van der Waals surface area contributed by atoms with E-state index in [9.17, 15) is 4.79 Å². The third-order valence-corrected chi connectivity index (χ3v) is 2.90. The Morgan fingerprint density at radius 2 is 2.32 bits per heavy atom. The van der Waals surface area contributed by atoms with Crippen molar-refractivity contribution in [2.45, 2.75) is 13.5 Å². The highest BCUT2D eigenvalue weighted by Crippen LogP contribution is 2.24. The molecule has 1 aromatic carbocycles. The number of aromatic nitrogens is 1. The number of carbonyl (C=O) groups excluding carboxylic acids is 1. The van der Waals surface area contributed by atoms with Crippen LogP contribution in [0, 0.1) is 19.3 Å². The Hall–Kier alpha value is -2.74. The van der Waals surface area contributed by atoms with Crippen molar-refractivity contribution in [1.29, 1.82) is 0 Å². The molecule has 2 aromatic rings. The monoisotopic (exact) mass is 254 g/mol. The van der Waals surface area contributed by atoms with Gasteiger partial charge in [0, 0.05) is 22.2 Å². The van der Waals surface area contributed by atoms with Crippen molar-refractivity contribution in [1.82, 2.24) is 9.99 Å². The second kappa shape index (κ2) is 5.27. The second-order valence-electron chi connectivity index (χ2n) is 4.04. The molecule has 0 radical (unpaired) electrons. The van der Waals surface area contributed by atoms with Crippen molar-refractivity contribution < 1.29 is 4.79 Å². The summed E-state index contributed by atoms with van der Waals surface area (Å²) in [5.74, 6) is 2.63. The number of hydrogen-bond donors (Lipinski definition) is 2. The Labute approximate surface area is 111 Å². The van der Waals surface area contributed by atoms with Gasteiger partial charge in [0.05, 0.1) is 12.8 Å². The number of amides is 2. The molecule has 96 valence electrons. The van der Waals surface area contributed by atoms with Gasteiger partial charge in [-0.15, -0.1) is 6.42 Å². The standard InChI is InChI=1S/C14H14N4O/c1-3-8-18-10(2)12(9-16-17-14(15)19)11-6-4-5-7-13(11)18/h1,4-7,9H,8H2,2H3,(H3,15,17,19)/b16-9-. The predicted octanol–water partition coefficient (Wildman–Crippen LogP) is 1.59. The van der Waals surface area contributed by atoms with E-state index in [0.29, 0.717) is 6.54 Å². The quantitative estimate of drug-likeness (QED) is 0.487. The molecule has 0 bridgehead atoms. The molecule has 19 heavy (non-hydrogen) atoms. The fourth-order valence-electron chi connectivity index (χ4n) is 2.08. The normalized spacial score (nSPS) is 10.7. The van der Waals surface area contributed by atoms with E-state index in [-0.39, 0.29) is 0 Å². The molecular weight excluding hydrogens is 240 g/mol. The molecule has 0 spiro atoms. The number of nitrogens with one attached hydrogen (secondary N) is 1. The number of primary amides is 1. The van der Waals surface area contributed by atoms with E-state index in [2.05, 4.69) is 16.4 Å². The first kappa shape index (κ1) is 12.7. The molecule has 0 unspecified atom stereocenters. The fourth-order valence-corrected chi connectivity index (χ4v) is 2.08. The van der Waals surface area contributed by atoms with Crippen LogP contribution in [0.2, 0.25) is 0 Å². The van der Waals surface area contributed by atoms with Gasteiger partial charge in [0.2, 0.25) is 0 Å². The Bertz CT molecular complexity index is 691. The van der Waals surface area contributed by atoms with Gasteiger partial charge in [-0.3, -0.25) is 0 Å². The Balaban J connectivity index is 2.54. The topological polar surface area (TPSA) is 72.4 Å². The number of nitrogens with zero attached hydrogens (tertiary/aromatic N) is 2. The summed E-state index contributed by atoms with van der Waals surface area (Å²) < 4.78 is 2.03. The van der Waals surface area contributed by atoms with Gasteiger partial charge in [-0.25, -0.2) is 10.2 Å². The zero-order chi connectivity index (χ0) is 13.8. The molecule has 0 saturated heterocycles. The second-order valence-corrected chi connectivity index (χ2v) is 4.04. The Kier molecular flexibility index (Phi) is 3.53. The smallest absolute Gasteiger partial charge is 0.332 e. The van der Waals surface area contributed by atoms with Gasteiger partial charge in [0.1, 0.15) is 0 Å². The van der Waals surface area contributed by atoms with E-state index in [1.54, 1.807) is 6.21 Å². The number of hydrazone groups is 1. The lowest BCUT2D eigenvalue weighted by atomic mass is 10.1. The third kappa shape index (κ3) is 2.43. The maximum absolute atomic E-state index is 10.6. The lowest BCUT2D eigenvalue weighted by Gasteiger charge is -2.02. The van der Waals surface area contributed by atoms with Gasteiger partial charge in [0.15, 0.2) is 0 Å². The summed E-state index contributed by atoms with van der Waals surface area (Å²) in [6, 6.07) is 7.19. The average molecular weight is 254 g/mol. The van der Waals surface area contributed by atoms with Gasteiger partial charge in [-0.2, -0.15) is 5.10 Å². The highest BCUT2D eigenvalue weighted by Gasteiger charge is 2.11. The number of terminal acetylenes is 1. The number of urea groups is 1. The molecule has 5 nitrogen and oxygen atoms in total. The number of benzene rings is 1. The Morgan fingerprint density at radius 1 is 1.58 bits per heavy atom. The summed E-state index contributed by atoms with van der Waals surface area (Å²) in [5, 5.41) is 4.84. The van der Waals surface area contributed by atoms with Gasteiger partial charge < -0.3 is 10.3 Å². The van der Waals surface area contributed by atoms with E-state index in [1.165, 1.54) is 0 Å². The van der Waals surface area contributed by atoms with E-state index < -0.39 is 6.03 Å². The van der Waals surface area contributed by atoms with Gasteiger partial charge >= 0.3 is 6.03 Å². The molecule has 0 atom stereocenters. The van der Waals surface area contributed by atoms with Crippen molar-refractivity contribution in [3.8, 4) is 12.3 Å². The summed E-state index contributed by atoms with van der Waals surface area (Å²) in [4.78, 5) is 10.6. The van der Waals surface area contributed by atoms with Crippen LogP contribution in [-0.2, 0) is 6.54 Å². The van der Waals surface area contributed by atoms with Crippen molar-refractivity contribution in [2.24, 2.45) is 10.8 Å². The first-order chi connectivity index (χ1) is 9.15. The molecular formula is C14H14N4O. The van der Waals surface area contributed by atoms with Gasteiger partial charge in [-0.05, 0) is 13.0 Å². The summed E-state index contributed by atoms with van der Waals surface area (Å²) in [7, 11) is 0. The summed E-state index contributed by atoms with van der Waals surface area (Å²) in [6.07, 6.45) is 6.97. The van der Waals surface area contributed by atoms with Crippen molar-refractivity contribution in [3.63, 3.8) is 0 Å². The van der Waals surface area contributed by atoms with Crippen LogP contribution in [0.5, 0.6) is 0 Å². The zero-order valence-electron chi connectivity index (χ0n) is 10.6. The van der Waals surface area contributed by atoms with Crippen LogP contribution in [0.3, 0.4) is 0 Å². The molecule has 0 aliphatic heterocycles. The average Bonchev–Trinajstić information content (AvgIpc) is 2.65. The largest absolute Gasteiger partial charge is 0.350 e. The highest BCUT2D eigenvalue weighted by atomic mass is 16.2. The summed E-state index contributed by atoms with van der Waals surface area (Å²) in [5.41, 5.74) is 10.1. The van der Waals surface area contributed by atoms with Crippen molar-refractivity contribution in [3.05, 3.63) is 35.5 Å². The summed E-state index contributed by atoms with van der Waals surface area (Å²) in [6.45, 7) is 2.45. The molecule has 3 N–H and O–H groups in total. The molecule has 1 aromatic heterocycles. The molecule has 0 saturated carbocycles. The molecule has 0 aliphatic rings. The maximum Gasteiger partial charge on any atom is 0.332 e. The molecule has 0 aliphatic carbocycles. The van der Waals surface area contributed by atoms with Crippen molar-refractivity contribution >= 4 is 23.1 Å². The Morgan fingerprint density at radius 3 is 3.00 bits per heavy atom. The molecule has 2 amide bonds. The lowest BCUT2D eigenvalue weighted by molar-refractivity contribution is 0.249. The number of carbonyl (C=O) groups is 1. The van der Waals surface area contributed by atoms with Crippen LogP contribution >= 0.6 is 0 Å². The fraction of sp³-hybridized carbons (Fsp3) is 0.143. The molecule has 0 fully saturated rings. The molecule has 5 heteroatoms. The maximum atomic E-state index is 10.6. The highest BCUT2D eigenvalue weighted by molar-refractivity contribution is 6.01. The van der Waals surface area contributed by atoms with Crippen molar-refractivity contribution in [2.75, 3.05) is 0 Å². The lowest BCUT2D eigenvalue weighted by Crippen LogP contribution is -2.24.